The number of carbonyl (C=O) groups excluding carboxylic acids is 3. The molecule has 0 spiro atoms. The summed E-state index contributed by atoms with van der Waals surface area (Å²) >= 11 is 0. The Bertz CT molecular complexity index is 1080. The largest absolute Gasteiger partial charge is 0.464 e. The highest BCUT2D eigenvalue weighted by molar-refractivity contribution is 5.75. The summed E-state index contributed by atoms with van der Waals surface area (Å²) in [6.45, 7) is 10.7. The molecule has 12 nitrogen and oxygen atoms in total. The van der Waals surface area contributed by atoms with Gasteiger partial charge in [0.25, 0.3) is 0 Å². The molecule has 0 radical (unpaired) electrons. The van der Waals surface area contributed by atoms with Crippen LogP contribution in [-0.2, 0) is 28.6 Å². The highest BCUT2D eigenvalue weighted by Crippen LogP contribution is 2.12. The van der Waals surface area contributed by atoms with Crippen molar-refractivity contribution in [3.8, 4) is 0 Å². The van der Waals surface area contributed by atoms with Crippen LogP contribution < -0.4 is 17.1 Å². The van der Waals surface area contributed by atoms with Crippen LogP contribution in [0.4, 0.5) is 0 Å². The Morgan fingerprint density at radius 3 is 0.854 bits per heavy atom. The first-order valence-electron chi connectivity index (χ1n) is 18.5. The fraction of sp³-hybridized carbons (Fsp3) is 0.833. The fourth-order valence-corrected chi connectivity index (χ4v) is 5.43. The van der Waals surface area contributed by atoms with Gasteiger partial charge in [0.05, 0.1) is 19.8 Å². The molecular formula is C36H63N3O9. The predicted molar refractivity (Wildman–Crippen MR) is 186 cm³/mol. The van der Waals surface area contributed by atoms with Crippen molar-refractivity contribution >= 4 is 17.9 Å². The third kappa shape index (κ3) is 14.5. The normalized spacial score (nSPS) is 13.1. The number of unbranched alkanes of at least 4 members (excludes halogenated alkanes) is 15. The molecule has 0 aliphatic heterocycles. The van der Waals surface area contributed by atoms with Crippen LogP contribution in [0.15, 0.2) is 14.4 Å². The highest BCUT2D eigenvalue weighted by atomic mass is 16.5. The van der Waals surface area contributed by atoms with Gasteiger partial charge in [-0.25, -0.2) is 42.5 Å². The van der Waals surface area contributed by atoms with Gasteiger partial charge in [-0.15, -0.1) is 0 Å². The van der Waals surface area contributed by atoms with E-state index < -0.39 is 53.1 Å². The van der Waals surface area contributed by atoms with Crippen molar-refractivity contribution in [1.82, 2.24) is 13.7 Å². The molecule has 0 bridgehead atoms. The van der Waals surface area contributed by atoms with Crippen LogP contribution in [0.2, 0.25) is 0 Å². The van der Waals surface area contributed by atoms with Gasteiger partial charge in [-0.2, -0.15) is 0 Å². The SMILES string of the molecule is CCCCCCCCOC(=O)C(C)n1c(=O)n(C(C)C(=O)OCCCCCCCC)c(=O)n(C(C)C(=O)OCCCCCCCC)c1=O. The average Bonchev–Trinajstić information content (AvgIpc) is 3.06. The minimum atomic E-state index is -1.43. The summed E-state index contributed by atoms with van der Waals surface area (Å²) in [5, 5.41) is 0. The van der Waals surface area contributed by atoms with Crippen LogP contribution >= 0.6 is 0 Å². The van der Waals surface area contributed by atoms with E-state index >= 15 is 0 Å². The second-order valence-corrected chi connectivity index (χ2v) is 12.8. The number of aromatic nitrogens is 3. The van der Waals surface area contributed by atoms with Crippen LogP contribution in [0, 0.1) is 0 Å². The Kier molecular flexibility index (Phi) is 22.2. The smallest absolute Gasteiger partial charge is 0.337 e. The Hall–Kier alpha value is -3.18. The second kappa shape index (κ2) is 24.9. The van der Waals surface area contributed by atoms with Crippen molar-refractivity contribution in [2.24, 2.45) is 0 Å². The van der Waals surface area contributed by atoms with E-state index in [1.165, 1.54) is 20.8 Å². The van der Waals surface area contributed by atoms with E-state index in [9.17, 15) is 28.8 Å². The lowest BCUT2D eigenvalue weighted by Crippen LogP contribution is -2.59. The van der Waals surface area contributed by atoms with E-state index in [0.717, 1.165) is 96.3 Å². The number of nitrogens with zero attached hydrogens (tertiary/aromatic N) is 3. The molecule has 48 heavy (non-hydrogen) atoms. The summed E-state index contributed by atoms with van der Waals surface area (Å²) in [6, 6.07) is -4.29. The summed E-state index contributed by atoms with van der Waals surface area (Å²) in [5.41, 5.74) is -3.49. The fourth-order valence-electron chi connectivity index (χ4n) is 5.43. The van der Waals surface area contributed by atoms with Gasteiger partial charge in [0, 0.05) is 0 Å². The lowest BCUT2D eigenvalue weighted by Gasteiger charge is -2.22. The summed E-state index contributed by atoms with van der Waals surface area (Å²) in [7, 11) is 0. The maximum atomic E-state index is 13.7. The van der Waals surface area contributed by atoms with E-state index in [1.807, 2.05) is 0 Å². The summed E-state index contributed by atoms with van der Waals surface area (Å²) in [4.78, 5) is 80.2. The van der Waals surface area contributed by atoms with Gasteiger partial charge in [-0.1, -0.05) is 117 Å². The monoisotopic (exact) mass is 681 g/mol. The molecule has 1 aromatic rings. The summed E-state index contributed by atoms with van der Waals surface area (Å²) in [6.07, 6.45) is 17.6. The van der Waals surface area contributed by atoms with Gasteiger partial charge in [0.2, 0.25) is 0 Å². The first kappa shape index (κ1) is 42.8. The average molecular weight is 682 g/mol. The molecule has 1 aromatic heterocycles. The van der Waals surface area contributed by atoms with Gasteiger partial charge in [0.1, 0.15) is 18.1 Å². The van der Waals surface area contributed by atoms with Gasteiger partial charge in [-0.05, 0) is 40.0 Å². The number of hydrogen-bond donors (Lipinski definition) is 0. The van der Waals surface area contributed by atoms with Gasteiger partial charge in [0.15, 0.2) is 0 Å². The quantitative estimate of drug-likeness (QED) is 0.0572. The van der Waals surface area contributed by atoms with Crippen molar-refractivity contribution in [3.05, 3.63) is 31.5 Å². The molecule has 0 saturated heterocycles. The van der Waals surface area contributed by atoms with Crippen molar-refractivity contribution < 1.29 is 28.6 Å². The van der Waals surface area contributed by atoms with E-state index in [-0.39, 0.29) is 19.8 Å². The lowest BCUT2D eigenvalue weighted by atomic mass is 10.1. The van der Waals surface area contributed by atoms with E-state index in [1.54, 1.807) is 0 Å². The molecule has 1 heterocycles. The van der Waals surface area contributed by atoms with E-state index in [2.05, 4.69) is 20.8 Å². The second-order valence-electron chi connectivity index (χ2n) is 12.8. The van der Waals surface area contributed by atoms with Crippen LogP contribution in [0.5, 0.6) is 0 Å². The zero-order chi connectivity index (χ0) is 35.9. The van der Waals surface area contributed by atoms with Crippen LogP contribution in [0.1, 0.15) is 175 Å². The predicted octanol–water partition coefficient (Wildman–Crippen LogP) is 6.57. The van der Waals surface area contributed by atoms with Gasteiger partial charge >= 0.3 is 35.0 Å². The first-order chi connectivity index (χ1) is 23.0. The first-order valence-corrected chi connectivity index (χ1v) is 18.5. The minimum absolute atomic E-state index is 0.111. The van der Waals surface area contributed by atoms with Crippen molar-refractivity contribution in [1.29, 1.82) is 0 Å². The Morgan fingerprint density at radius 1 is 0.417 bits per heavy atom. The molecule has 276 valence electrons. The van der Waals surface area contributed by atoms with Crippen LogP contribution in [0.3, 0.4) is 0 Å². The third-order valence-corrected chi connectivity index (χ3v) is 8.65. The number of ether oxygens (including phenoxy) is 3. The van der Waals surface area contributed by atoms with Crippen LogP contribution in [-0.4, -0.2) is 51.4 Å². The maximum Gasteiger partial charge on any atom is 0.337 e. The van der Waals surface area contributed by atoms with Crippen LogP contribution in [0.25, 0.3) is 0 Å². The van der Waals surface area contributed by atoms with Crippen molar-refractivity contribution in [2.75, 3.05) is 19.8 Å². The highest BCUT2D eigenvalue weighted by Gasteiger charge is 2.32. The molecule has 12 heteroatoms. The Morgan fingerprint density at radius 2 is 0.625 bits per heavy atom. The molecule has 1 rings (SSSR count). The molecule has 0 fully saturated rings. The molecule has 0 N–H and O–H groups in total. The zero-order valence-corrected chi connectivity index (χ0v) is 30.6. The third-order valence-electron chi connectivity index (χ3n) is 8.65. The molecule has 0 aliphatic rings. The topological polar surface area (TPSA) is 145 Å². The summed E-state index contributed by atoms with van der Waals surface area (Å²) in [5.74, 6) is -2.51. The van der Waals surface area contributed by atoms with Gasteiger partial charge < -0.3 is 14.2 Å². The Labute approximate surface area is 286 Å². The number of rotatable bonds is 27. The Balaban J connectivity index is 3.26. The molecule has 3 unspecified atom stereocenters. The summed E-state index contributed by atoms with van der Waals surface area (Å²) < 4.78 is 17.9. The van der Waals surface area contributed by atoms with Crippen molar-refractivity contribution in [2.45, 2.75) is 175 Å². The van der Waals surface area contributed by atoms with E-state index in [4.69, 9.17) is 14.2 Å². The number of esters is 3. The minimum Gasteiger partial charge on any atom is -0.464 e. The molecule has 0 amide bonds. The molecule has 0 aromatic carbocycles. The molecule has 3 atom stereocenters. The molecular weight excluding hydrogens is 618 g/mol. The molecule has 0 saturated carbocycles. The van der Waals surface area contributed by atoms with Crippen molar-refractivity contribution in [3.63, 3.8) is 0 Å². The lowest BCUT2D eigenvalue weighted by molar-refractivity contribution is -0.147. The van der Waals surface area contributed by atoms with Gasteiger partial charge in [-0.3, -0.25) is 0 Å². The van der Waals surface area contributed by atoms with E-state index in [0.29, 0.717) is 33.0 Å². The molecule has 0 aliphatic carbocycles. The number of carbonyl (C=O) groups is 3. The maximum absolute atomic E-state index is 13.7. The number of hydrogen-bond acceptors (Lipinski definition) is 9. The zero-order valence-electron chi connectivity index (χ0n) is 30.6. The standard InChI is InChI=1S/C36H63N3O9/c1-7-10-13-16-19-22-25-46-31(40)28(4)37-34(43)38(29(5)32(41)47-26-23-20-17-14-11-8-2)36(45)39(35(37)44)30(6)33(42)48-27-24-21-18-15-12-9-3/h28-30H,7-27H2,1-6H3.